The molecule has 0 heterocycles. The Morgan fingerprint density at radius 3 is 2.65 bits per heavy atom. The lowest BCUT2D eigenvalue weighted by atomic mass is 10.2. The van der Waals surface area contributed by atoms with Crippen molar-refractivity contribution in [2.45, 2.75) is 26.7 Å². The molecule has 0 saturated carbocycles. The highest BCUT2D eigenvalue weighted by Crippen LogP contribution is 2.22. The highest BCUT2D eigenvalue weighted by atomic mass is 16.6. The van der Waals surface area contributed by atoms with Gasteiger partial charge in [0.1, 0.15) is 0 Å². The van der Waals surface area contributed by atoms with Gasteiger partial charge in [-0.1, -0.05) is 6.07 Å². The molecule has 1 amide bonds. The lowest BCUT2D eigenvalue weighted by Crippen LogP contribution is -2.14. The molecule has 0 atom stereocenters. The average molecular weight is 280 g/mol. The van der Waals surface area contributed by atoms with E-state index in [1.165, 1.54) is 6.07 Å². The number of esters is 1. The van der Waals surface area contributed by atoms with Crippen molar-refractivity contribution in [3.8, 4) is 0 Å². The standard InChI is InChI=1S/C13H16N2O5/c1-3-20-13(17)7-6-12(16)14-10-5-4-9(2)11(8-10)15(18)19/h4-5,8H,3,6-7H2,1-2H3,(H,14,16). The van der Waals surface area contributed by atoms with Gasteiger partial charge in [-0.25, -0.2) is 0 Å². The van der Waals surface area contributed by atoms with E-state index in [-0.39, 0.29) is 25.1 Å². The van der Waals surface area contributed by atoms with Gasteiger partial charge in [0.15, 0.2) is 0 Å². The van der Waals surface area contributed by atoms with E-state index in [1.807, 2.05) is 0 Å². The maximum atomic E-state index is 11.6. The molecule has 7 nitrogen and oxygen atoms in total. The highest BCUT2D eigenvalue weighted by molar-refractivity contribution is 5.92. The molecule has 0 aliphatic rings. The van der Waals surface area contributed by atoms with Crippen molar-refractivity contribution in [3.63, 3.8) is 0 Å². The van der Waals surface area contributed by atoms with Crippen molar-refractivity contribution < 1.29 is 19.2 Å². The second kappa shape index (κ2) is 7.22. The molecule has 1 N–H and O–H groups in total. The number of nitro groups is 1. The first-order chi connectivity index (χ1) is 9.43. The molecule has 0 aliphatic carbocycles. The third kappa shape index (κ3) is 4.68. The maximum Gasteiger partial charge on any atom is 0.306 e. The molecule has 1 aromatic carbocycles. The van der Waals surface area contributed by atoms with Crippen LogP contribution in [-0.2, 0) is 14.3 Å². The van der Waals surface area contributed by atoms with Gasteiger partial charge < -0.3 is 10.1 Å². The van der Waals surface area contributed by atoms with Crippen molar-refractivity contribution in [1.29, 1.82) is 0 Å². The summed E-state index contributed by atoms with van der Waals surface area (Å²) in [5.41, 5.74) is 0.781. The van der Waals surface area contributed by atoms with Crippen molar-refractivity contribution in [2.75, 3.05) is 11.9 Å². The number of nitro benzene ring substituents is 1. The fourth-order valence-corrected chi connectivity index (χ4v) is 1.56. The van der Waals surface area contributed by atoms with Crippen molar-refractivity contribution in [2.24, 2.45) is 0 Å². The Hall–Kier alpha value is -2.44. The van der Waals surface area contributed by atoms with Crippen LogP contribution in [0.4, 0.5) is 11.4 Å². The molecule has 0 aromatic heterocycles. The Bertz CT molecular complexity index is 527. The summed E-state index contributed by atoms with van der Waals surface area (Å²) in [6.07, 6.45) is -0.0475. The molecule has 0 radical (unpaired) electrons. The fourth-order valence-electron chi connectivity index (χ4n) is 1.56. The van der Waals surface area contributed by atoms with E-state index >= 15 is 0 Å². The summed E-state index contributed by atoms with van der Waals surface area (Å²) in [6, 6.07) is 4.42. The first-order valence-corrected chi connectivity index (χ1v) is 6.14. The molecular weight excluding hydrogens is 264 g/mol. The summed E-state index contributed by atoms with van der Waals surface area (Å²) in [7, 11) is 0. The molecule has 0 saturated heterocycles. The lowest BCUT2D eigenvalue weighted by Gasteiger charge is -2.06. The van der Waals surface area contributed by atoms with Crippen LogP contribution in [0.5, 0.6) is 0 Å². The van der Waals surface area contributed by atoms with Gasteiger partial charge >= 0.3 is 5.97 Å². The minimum atomic E-state index is -0.510. The van der Waals surface area contributed by atoms with Gasteiger partial charge in [-0.15, -0.1) is 0 Å². The van der Waals surface area contributed by atoms with E-state index in [1.54, 1.807) is 26.0 Å². The Kier molecular flexibility index (Phi) is 5.64. The summed E-state index contributed by atoms with van der Waals surface area (Å²) in [4.78, 5) is 33.0. The molecule has 0 aliphatic heterocycles. The van der Waals surface area contributed by atoms with Gasteiger partial charge in [0, 0.05) is 23.7 Å². The van der Waals surface area contributed by atoms with E-state index in [4.69, 9.17) is 4.74 Å². The minimum Gasteiger partial charge on any atom is -0.466 e. The number of ether oxygens (including phenoxy) is 1. The van der Waals surface area contributed by atoms with Crippen LogP contribution >= 0.6 is 0 Å². The number of anilines is 1. The van der Waals surface area contributed by atoms with Crippen LogP contribution in [0.15, 0.2) is 18.2 Å². The molecular formula is C13H16N2O5. The molecule has 108 valence electrons. The zero-order valence-corrected chi connectivity index (χ0v) is 11.3. The Labute approximate surface area is 116 Å². The number of amides is 1. The monoisotopic (exact) mass is 280 g/mol. The second-order valence-corrected chi connectivity index (χ2v) is 4.11. The van der Waals surface area contributed by atoms with Crippen molar-refractivity contribution >= 4 is 23.3 Å². The van der Waals surface area contributed by atoms with E-state index in [0.29, 0.717) is 11.3 Å². The third-order valence-corrected chi connectivity index (χ3v) is 2.55. The number of carbonyl (C=O) groups is 2. The molecule has 7 heteroatoms. The zero-order chi connectivity index (χ0) is 15.1. The predicted molar refractivity (Wildman–Crippen MR) is 72.3 cm³/mol. The molecule has 0 bridgehead atoms. The van der Waals surface area contributed by atoms with E-state index < -0.39 is 16.8 Å². The fraction of sp³-hybridized carbons (Fsp3) is 0.385. The summed E-state index contributed by atoms with van der Waals surface area (Å²) >= 11 is 0. The quantitative estimate of drug-likeness (QED) is 0.489. The number of nitrogens with zero attached hydrogens (tertiary/aromatic N) is 1. The normalized spacial score (nSPS) is 9.90. The van der Waals surface area contributed by atoms with E-state index in [0.717, 1.165) is 0 Å². The number of carbonyl (C=O) groups excluding carboxylic acids is 2. The topological polar surface area (TPSA) is 98.5 Å². The smallest absolute Gasteiger partial charge is 0.306 e. The Morgan fingerprint density at radius 1 is 1.35 bits per heavy atom. The van der Waals surface area contributed by atoms with Crippen LogP contribution in [-0.4, -0.2) is 23.4 Å². The van der Waals surface area contributed by atoms with E-state index in [9.17, 15) is 19.7 Å². The molecule has 0 fully saturated rings. The highest BCUT2D eigenvalue weighted by Gasteiger charge is 2.13. The van der Waals surface area contributed by atoms with Gasteiger partial charge in [-0.2, -0.15) is 0 Å². The predicted octanol–water partition coefficient (Wildman–Crippen LogP) is 2.19. The first-order valence-electron chi connectivity index (χ1n) is 6.14. The number of nitrogens with one attached hydrogen (secondary N) is 1. The largest absolute Gasteiger partial charge is 0.466 e. The molecule has 0 unspecified atom stereocenters. The van der Waals surface area contributed by atoms with Gasteiger partial charge in [0.25, 0.3) is 5.69 Å². The minimum absolute atomic E-state index is 0.0202. The van der Waals surface area contributed by atoms with Crippen LogP contribution in [0.3, 0.4) is 0 Å². The maximum absolute atomic E-state index is 11.6. The van der Waals surface area contributed by atoms with Gasteiger partial charge in [-0.3, -0.25) is 19.7 Å². The first kappa shape index (κ1) is 15.6. The van der Waals surface area contributed by atoms with Crippen molar-refractivity contribution in [1.82, 2.24) is 0 Å². The van der Waals surface area contributed by atoms with Crippen LogP contribution in [0, 0.1) is 17.0 Å². The number of benzene rings is 1. The summed E-state index contributed by atoms with van der Waals surface area (Å²) in [6.45, 7) is 3.57. The van der Waals surface area contributed by atoms with Gasteiger partial charge in [0.2, 0.25) is 5.91 Å². The number of aryl methyl sites for hydroxylation is 1. The van der Waals surface area contributed by atoms with E-state index in [2.05, 4.69) is 5.32 Å². The summed E-state index contributed by atoms with van der Waals surface area (Å²) in [5, 5.41) is 13.3. The molecule has 1 rings (SSSR count). The lowest BCUT2D eigenvalue weighted by molar-refractivity contribution is -0.385. The Balaban J connectivity index is 2.60. The van der Waals surface area contributed by atoms with Gasteiger partial charge in [-0.05, 0) is 19.9 Å². The Morgan fingerprint density at radius 2 is 2.05 bits per heavy atom. The van der Waals surface area contributed by atoms with Crippen LogP contribution in [0.2, 0.25) is 0 Å². The molecule has 0 spiro atoms. The average Bonchev–Trinajstić information content (AvgIpc) is 2.39. The zero-order valence-electron chi connectivity index (χ0n) is 11.3. The summed E-state index contributed by atoms with van der Waals surface area (Å²) in [5.74, 6) is -0.839. The van der Waals surface area contributed by atoms with Crippen molar-refractivity contribution in [3.05, 3.63) is 33.9 Å². The SMILES string of the molecule is CCOC(=O)CCC(=O)Nc1ccc(C)c([N+](=O)[O-])c1. The summed E-state index contributed by atoms with van der Waals surface area (Å²) < 4.78 is 4.70. The molecule has 1 aromatic rings. The number of rotatable bonds is 6. The van der Waals surface area contributed by atoms with Crippen LogP contribution in [0.25, 0.3) is 0 Å². The molecule has 20 heavy (non-hydrogen) atoms. The van der Waals surface area contributed by atoms with Gasteiger partial charge in [0.05, 0.1) is 18.0 Å². The third-order valence-electron chi connectivity index (χ3n) is 2.55. The number of hydrogen-bond donors (Lipinski definition) is 1. The second-order valence-electron chi connectivity index (χ2n) is 4.11. The van der Waals surface area contributed by atoms with Crippen LogP contribution in [0.1, 0.15) is 25.3 Å². The van der Waals surface area contributed by atoms with Crippen LogP contribution < -0.4 is 5.32 Å². The number of hydrogen-bond acceptors (Lipinski definition) is 5.